The number of aliphatic hydroxyl groups excluding tert-OH is 1. The van der Waals surface area contributed by atoms with E-state index in [0.29, 0.717) is 5.69 Å². The number of halogens is 3. The van der Waals surface area contributed by atoms with Crippen molar-refractivity contribution in [1.29, 1.82) is 0 Å². The van der Waals surface area contributed by atoms with E-state index in [-0.39, 0.29) is 12.4 Å². The normalized spacial score (nSPS) is 11.1. The minimum Gasteiger partial charge on any atom is -0.482 e. The molecular weight excluding hydrogens is 253 g/mol. The first-order chi connectivity index (χ1) is 8.40. The molecule has 0 atom stereocenters. The van der Waals surface area contributed by atoms with Gasteiger partial charge in [-0.3, -0.25) is 9.78 Å². The van der Waals surface area contributed by atoms with Crippen molar-refractivity contribution in [2.24, 2.45) is 0 Å². The quantitative estimate of drug-likeness (QED) is 0.818. The molecule has 1 aromatic heterocycles. The number of hydrogen-bond donors (Lipinski definition) is 2. The van der Waals surface area contributed by atoms with Gasteiger partial charge in [-0.1, -0.05) is 0 Å². The molecule has 0 saturated heterocycles. The van der Waals surface area contributed by atoms with Crippen LogP contribution in [0.25, 0.3) is 0 Å². The van der Waals surface area contributed by atoms with Crippen LogP contribution in [0.5, 0.6) is 5.75 Å². The topological polar surface area (TPSA) is 71.5 Å². The third-order valence-electron chi connectivity index (χ3n) is 1.82. The van der Waals surface area contributed by atoms with Gasteiger partial charge >= 0.3 is 6.18 Å². The van der Waals surface area contributed by atoms with Crippen LogP contribution in [-0.2, 0) is 11.4 Å². The second kappa shape index (κ2) is 6.20. The van der Waals surface area contributed by atoms with E-state index < -0.39 is 25.2 Å². The molecule has 100 valence electrons. The Bertz CT molecular complexity index is 392. The first-order valence-electron chi connectivity index (χ1n) is 4.93. The summed E-state index contributed by atoms with van der Waals surface area (Å²) in [4.78, 5) is 14.8. The van der Waals surface area contributed by atoms with Crippen LogP contribution in [-0.4, -0.2) is 35.3 Å². The Hall–Kier alpha value is -1.83. The molecule has 0 unspecified atom stereocenters. The van der Waals surface area contributed by atoms with Gasteiger partial charge in [-0.15, -0.1) is 0 Å². The minimum absolute atomic E-state index is 0.230. The molecule has 1 heterocycles. The standard InChI is InChI=1S/C10H11F3N2O3/c11-10(12,13)6-15-9(17)5-18-8-2-1-7(4-16)14-3-8/h1-3,16H,4-6H2,(H,15,17). The number of aromatic nitrogens is 1. The first kappa shape index (κ1) is 14.2. The molecule has 0 aromatic carbocycles. The zero-order valence-corrected chi connectivity index (χ0v) is 9.20. The van der Waals surface area contributed by atoms with Crippen molar-refractivity contribution in [2.45, 2.75) is 12.8 Å². The number of carbonyl (C=O) groups is 1. The molecule has 5 nitrogen and oxygen atoms in total. The lowest BCUT2D eigenvalue weighted by molar-refractivity contribution is -0.139. The molecule has 0 spiro atoms. The predicted octanol–water partition coefficient (Wildman–Crippen LogP) is 0.631. The minimum atomic E-state index is -4.44. The number of nitrogens with one attached hydrogen (secondary N) is 1. The summed E-state index contributed by atoms with van der Waals surface area (Å²) in [6.45, 7) is -2.15. The highest BCUT2D eigenvalue weighted by Crippen LogP contribution is 2.12. The molecule has 1 aromatic rings. The Morgan fingerprint density at radius 2 is 2.17 bits per heavy atom. The third kappa shape index (κ3) is 5.48. The molecule has 2 N–H and O–H groups in total. The molecule has 0 aliphatic carbocycles. The molecule has 0 aliphatic rings. The first-order valence-corrected chi connectivity index (χ1v) is 4.93. The fraction of sp³-hybridized carbons (Fsp3) is 0.400. The van der Waals surface area contributed by atoms with Gasteiger partial charge in [0.25, 0.3) is 5.91 Å². The Morgan fingerprint density at radius 1 is 1.44 bits per heavy atom. The average Bonchev–Trinajstić information content (AvgIpc) is 2.33. The van der Waals surface area contributed by atoms with E-state index in [1.165, 1.54) is 18.3 Å². The van der Waals surface area contributed by atoms with Crippen molar-refractivity contribution in [3.05, 3.63) is 24.0 Å². The fourth-order valence-corrected chi connectivity index (χ4v) is 0.989. The van der Waals surface area contributed by atoms with E-state index in [9.17, 15) is 18.0 Å². The van der Waals surface area contributed by atoms with Gasteiger partial charge in [0.05, 0.1) is 18.5 Å². The molecule has 0 bridgehead atoms. The number of pyridine rings is 1. The summed E-state index contributed by atoms with van der Waals surface area (Å²) in [6, 6.07) is 2.93. The van der Waals surface area contributed by atoms with Gasteiger partial charge in [-0.2, -0.15) is 13.2 Å². The van der Waals surface area contributed by atoms with Gasteiger partial charge in [0.1, 0.15) is 12.3 Å². The van der Waals surface area contributed by atoms with Gasteiger partial charge in [0.2, 0.25) is 0 Å². The molecule has 1 rings (SSSR count). The molecule has 0 radical (unpaired) electrons. The third-order valence-corrected chi connectivity index (χ3v) is 1.82. The van der Waals surface area contributed by atoms with E-state index in [4.69, 9.17) is 9.84 Å². The van der Waals surface area contributed by atoms with Gasteiger partial charge < -0.3 is 15.2 Å². The number of nitrogens with zero attached hydrogens (tertiary/aromatic N) is 1. The smallest absolute Gasteiger partial charge is 0.405 e. The summed E-state index contributed by atoms with van der Waals surface area (Å²) < 4.78 is 40.2. The molecular formula is C10H11F3N2O3. The molecule has 0 saturated carbocycles. The van der Waals surface area contributed by atoms with Crippen LogP contribution >= 0.6 is 0 Å². The lowest BCUT2D eigenvalue weighted by Crippen LogP contribution is -2.36. The predicted molar refractivity (Wildman–Crippen MR) is 54.7 cm³/mol. The van der Waals surface area contributed by atoms with Crippen molar-refractivity contribution in [1.82, 2.24) is 10.3 Å². The van der Waals surface area contributed by atoms with Crippen LogP contribution in [0, 0.1) is 0 Å². The summed E-state index contributed by atoms with van der Waals surface area (Å²) in [6.07, 6.45) is -3.18. The van der Waals surface area contributed by atoms with E-state index >= 15 is 0 Å². The fourth-order valence-electron chi connectivity index (χ4n) is 0.989. The van der Waals surface area contributed by atoms with Crippen LogP contribution in [0.4, 0.5) is 13.2 Å². The van der Waals surface area contributed by atoms with Crippen molar-refractivity contribution in [2.75, 3.05) is 13.2 Å². The maximum atomic E-state index is 11.8. The second-order valence-electron chi connectivity index (χ2n) is 3.32. The van der Waals surface area contributed by atoms with Gasteiger partial charge in [-0.05, 0) is 12.1 Å². The van der Waals surface area contributed by atoms with Gasteiger partial charge in [0.15, 0.2) is 6.61 Å². The lowest BCUT2D eigenvalue weighted by atomic mass is 10.3. The summed E-state index contributed by atoms with van der Waals surface area (Å²) in [7, 11) is 0. The Kier molecular flexibility index (Phi) is 4.90. The Balaban J connectivity index is 2.33. The summed E-state index contributed by atoms with van der Waals surface area (Å²) >= 11 is 0. The highest BCUT2D eigenvalue weighted by atomic mass is 19.4. The molecule has 0 fully saturated rings. The summed E-state index contributed by atoms with van der Waals surface area (Å²) in [5, 5.41) is 10.4. The van der Waals surface area contributed by atoms with E-state index in [1.807, 2.05) is 0 Å². The molecule has 1 amide bonds. The number of carbonyl (C=O) groups excluding carboxylic acids is 1. The number of amides is 1. The van der Waals surface area contributed by atoms with Crippen LogP contribution < -0.4 is 10.1 Å². The van der Waals surface area contributed by atoms with Crippen LogP contribution in [0.15, 0.2) is 18.3 Å². The van der Waals surface area contributed by atoms with Crippen LogP contribution in [0.2, 0.25) is 0 Å². The van der Waals surface area contributed by atoms with Gasteiger partial charge in [0, 0.05) is 0 Å². The second-order valence-corrected chi connectivity index (χ2v) is 3.32. The van der Waals surface area contributed by atoms with E-state index in [1.54, 1.807) is 5.32 Å². The largest absolute Gasteiger partial charge is 0.482 e. The van der Waals surface area contributed by atoms with Crippen LogP contribution in [0.1, 0.15) is 5.69 Å². The zero-order valence-electron chi connectivity index (χ0n) is 9.20. The number of rotatable bonds is 5. The van der Waals surface area contributed by atoms with Crippen molar-refractivity contribution in [3.8, 4) is 5.75 Å². The Morgan fingerprint density at radius 3 is 2.67 bits per heavy atom. The number of hydrogen-bond acceptors (Lipinski definition) is 4. The lowest BCUT2D eigenvalue weighted by Gasteiger charge is -2.09. The van der Waals surface area contributed by atoms with Crippen LogP contribution in [0.3, 0.4) is 0 Å². The summed E-state index contributed by atoms with van der Waals surface area (Å²) in [5.41, 5.74) is 0.420. The van der Waals surface area contributed by atoms with Gasteiger partial charge in [-0.25, -0.2) is 0 Å². The highest BCUT2D eigenvalue weighted by molar-refractivity contribution is 5.77. The monoisotopic (exact) mass is 264 g/mol. The SMILES string of the molecule is O=C(COc1ccc(CO)nc1)NCC(F)(F)F. The number of ether oxygens (including phenoxy) is 1. The summed E-state index contributed by atoms with van der Waals surface area (Å²) in [5.74, 6) is -0.645. The highest BCUT2D eigenvalue weighted by Gasteiger charge is 2.27. The van der Waals surface area contributed by atoms with Crippen molar-refractivity contribution in [3.63, 3.8) is 0 Å². The van der Waals surface area contributed by atoms with E-state index in [0.717, 1.165) is 0 Å². The molecule has 0 aliphatic heterocycles. The molecule has 18 heavy (non-hydrogen) atoms. The molecule has 8 heteroatoms. The van der Waals surface area contributed by atoms with Crippen molar-refractivity contribution < 1.29 is 27.8 Å². The number of alkyl halides is 3. The van der Waals surface area contributed by atoms with Crippen molar-refractivity contribution >= 4 is 5.91 Å². The Labute approximate surface area is 101 Å². The maximum Gasteiger partial charge on any atom is 0.405 e. The van der Waals surface area contributed by atoms with E-state index in [2.05, 4.69) is 4.98 Å². The average molecular weight is 264 g/mol. The number of aliphatic hydroxyl groups is 1. The maximum absolute atomic E-state index is 11.8. The zero-order chi connectivity index (χ0) is 13.6.